The lowest BCUT2D eigenvalue weighted by Crippen LogP contribution is -2.42. The predicted molar refractivity (Wildman–Crippen MR) is 77.0 cm³/mol. The quantitative estimate of drug-likeness (QED) is 0.795. The van der Waals surface area contributed by atoms with E-state index in [0.29, 0.717) is 0 Å². The SMILES string of the molecule is C[C@@H](CNS(=O)(=O)c1ccco1)N(C)S(=O)(=O)c1ccco1. The van der Waals surface area contributed by atoms with Crippen LogP contribution in [0, 0.1) is 0 Å². The summed E-state index contributed by atoms with van der Waals surface area (Å²) in [4.78, 5) is 0. The normalized spacial score (nSPS) is 14.3. The van der Waals surface area contributed by atoms with Crippen LogP contribution in [-0.4, -0.2) is 40.8 Å². The summed E-state index contributed by atoms with van der Waals surface area (Å²) in [7, 11) is -6.26. The van der Waals surface area contributed by atoms with Gasteiger partial charge in [-0.1, -0.05) is 0 Å². The highest BCUT2D eigenvalue weighted by Gasteiger charge is 2.29. The molecule has 0 bridgehead atoms. The molecule has 0 amide bonds. The van der Waals surface area contributed by atoms with Gasteiger partial charge in [0.1, 0.15) is 0 Å². The van der Waals surface area contributed by atoms with Crippen LogP contribution in [0.1, 0.15) is 6.92 Å². The monoisotopic (exact) mass is 348 g/mol. The van der Waals surface area contributed by atoms with E-state index in [0.717, 1.165) is 4.31 Å². The average molecular weight is 348 g/mol. The van der Waals surface area contributed by atoms with Crippen LogP contribution in [0.4, 0.5) is 0 Å². The highest BCUT2D eigenvalue weighted by atomic mass is 32.2. The van der Waals surface area contributed by atoms with Crippen molar-refractivity contribution in [2.24, 2.45) is 0 Å². The maximum absolute atomic E-state index is 12.2. The maximum atomic E-state index is 12.2. The van der Waals surface area contributed by atoms with E-state index in [4.69, 9.17) is 8.83 Å². The van der Waals surface area contributed by atoms with Crippen molar-refractivity contribution in [1.82, 2.24) is 9.03 Å². The first-order valence-corrected chi connectivity index (χ1v) is 9.22. The largest absolute Gasteiger partial charge is 0.452 e. The Labute approximate surface area is 128 Å². The van der Waals surface area contributed by atoms with Gasteiger partial charge in [-0.15, -0.1) is 0 Å². The molecule has 0 spiro atoms. The number of sulfonamides is 2. The van der Waals surface area contributed by atoms with E-state index in [9.17, 15) is 16.8 Å². The number of rotatable bonds is 7. The summed E-state index contributed by atoms with van der Waals surface area (Å²) < 4.78 is 61.3. The fraction of sp³-hybridized carbons (Fsp3) is 0.333. The fourth-order valence-electron chi connectivity index (χ4n) is 1.64. The number of hydrogen-bond donors (Lipinski definition) is 1. The van der Waals surface area contributed by atoms with E-state index < -0.39 is 26.1 Å². The van der Waals surface area contributed by atoms with Crippen LogP contribution in [0.5, 0.6) is 0 Å². The average Bonchev–Trinajstić information content (AvgIpc) is 3.15. The van der Waals surface area contributed by atoms with Gasteiger partial charge < -0.3 is 8.83 Å². The molecule has 0 fully saturated rings. The summed E-state index contributed by atoms with van der Waals surface area (Å²) in [6.45, 7) is 1.46. The van der Waals surface area contributed by atoms with Crippen LogP contribution < -0.4 is 4.72 Å². The third-order valence-electron chi connectivity index (χ3n) is 3.08. The molecule has 2 rings (SSSR count). The van der Waals surface area contributed by atoms with Crippen molar-refractivity contribution in [2.75, 3.05) is 13.6 Å². The molecule has 0 aliphatic rings. The van der Waals surface area contributed by atoms with Crippen molar-refractivity contribution in [2.45, 2.75) is 23.2 Å². The maximum Gasteiger partial charge on any atom is 0.276 e. The van der Waals surface area contributed by atoms with Gasteiger partial charge in [0.25, 0.3) is 20.0 Å². The molecule has 2 aromatic heterocycles. The molecule has 10 heteroatoms. The third kappa shape index (κ3) is 3.40. The minimum atomic E-state index is -3.81. The first kappa shape index (κ1) is 16.7. The summed E-state index contributed by atoms with van der Waals surface area (Å²) >= 11 is 0. The molecule has 8 nitrogen and oxygen atoms in total. The van der Waals surface area contributed by atoms with E-state index in [1.54, 1.807) is 6.92 Å². The summed E-state index contributed by atoms with van der Waals surface area (Å²) in [6.07, 6.45) is 2.50. The number of likely N-dealkylation sites (N-methyl/N-ethyl adjacent to an activating group) is 1. The smallest absolute Gasteiger partial charge is 0.276 e. The van der Waals surface area contributed by atoms with E-state index in [1.807, 2.05) is 0 Å². The molecule has 0 aliphatic heterocycles. The molecular formula is C12H16N2O6S2. The molecule has 1 N–H and O–H groups in total. The molecular weight excluding hydrogens is 332 g/mol. The molecule has 1 atom stereocenters. The second kappa shape index (κ2) is 6.24. The topological polar surface area (TPSA) is 110 Å². The zero-order valence-electron chi connectivity index (χ0n) is 12.0. The Morgan fingerprint density at radius 3 is 2.14 bits per heavy atom. The molecule has 0 saturated heterocycles. The molecule has 22 heavy (non-hydrogen) atoms. The molecule has 0 unspecified atom stereocenters. The van der Waals surface area contributed by atoms with Crippen LogP contribution in [0.3, 0.4) is 0 Å². The second-order valence-corrected chi connectivity index (χ2v) is 8.21. The van der Waals surface area contributed by atoms with Crippen molar-refractivity contribution in [1.29, 1.82) is 0 Å². The van der Waals surface area contributed by atoms with Crippen molar-refractivity contribution in [3.63, 3.8) is 0 Å². The van der Waals surface area contributed by atoms with E-state index in [1.165, 1.54) is 43.8 Å². The first-order chi connectivity index (χ1) is 10.2. The number of nitrogens with zero attached hydrogens (tertiary/aromatic N) is 1. The van der Waals surface area contributed by atoms with Crippen molar-refractivity contribution in [3.8, 4) is 0 Å². The predicted octanol–water partition coefficient (Wildman–Crippen LogP) is 0.860. The van der Waals surface area contributed by atoms with E-state index in [-0.39, 0.29) is 16.7 Å². The summed E-state index contributed by atoms with van der Waals surface area (Å²) in [6, 6.07) is 4.91. The Bertz CT molecular complexity index is 794. The van der Waals surface area contributed by atoms with Gasteiger partial charge in [0.15, 0.2) is 0 Å². The Balaban J connectivity index is 2.05. The Kier molecular flexibility index (Phi) is 4.75. The van der Waals surface area contributed by atoms with Gasteiger partial charge in [0, 0.05) is 19.6 Å². The molecule has 0 saturated carbocycles. The summed E-state index contributed by atoms with van der Waals surface area (Å²) in [5.41, 5.74) is 0. The Morgan fingerprint density at radius 2 is 1.64 bits per heavy atom. The zero-order chi connectivity index (χ0) is 16.4. The highest BCUT2D eigenvalue weighted by Crippen LogP contribution is 2.17. The first-order valence-electron chi connectivity index (χ1n) is 6.30. The van der Waals surface area contributed by atoms with Gasteiger partial charge in [0.2, 0.25) is 10.2 Å². The van der Waals surface area contributed by atoms with Crippen LogP contribution in [0.25, 0.3) is 0 Å². The third-order valence-corrected chi connectivity index (χ3v) is 6.25. The lowest BCUT2D eigenvalue weighted by atomic mass is 10.4. The van der Waals surface area contributed by atoms with Gasteiger partial charge in [0.05, 0.1) is 12.5 Å². The molecule has 122 valence electrons. The van der Waals surface area contributed by atoms with Gasteiger partial charge in [-0.3, -0.25) is 0 Å². The van der Waals surface area contributed by atoms with Gasteiger partial charge in [-0.2, -0.15) is 4.31 Å². The minimum absolute atomic E-state index is 0.112. The highest BCUT2D eigenvalue weighted by molar-refractivity contribution is 7.89. The van der Waals surface area contributed by atoms with Crippen molar-refractivity contribution >= 4 is 20.0 Å². The second-order valence-electron chi connectivity index (χ2n) is 4.59. The van der Waals surface area contributed by atoms with Crippen LogP contribution in [-0.2, 0) is 20.0 Å². The summed E-state index contributed by atoms with van der Waals surface area (Å²) in [5, 5.41) is -0.424. The van der Waals surface area contributed by atoms with Crippen LogP contribution >= 0.6 is 0 Å². The fourth-order valence-corrected chi connectivity index (χ4v) is 3.94. The van der Waals surface area contributed by atoms with Crippen molar-refractivity contribution in [3.05, 3.63) is 36.8 Å². The molecule has 2 heterocycles. The van der Waals surface area contributed by atoms with E-state index in [2.05, 4.69) is 4.72 Å². The lowest BCUT2D eigenvalue weighted by molar-refractivity contribution is 0.361. The number of hydrogen-bond acceptors (Lipinski definition) is 6. The molecule has 2 aromatic rings. The molecule has 0 aliphatic carbocycles. The van der Waals surface area contributed by atoms with Crippen LogP contribution in [0.15, 0.2) is 55.8 Å². The van der Waals surface area contributed by atoms with Gasteiger partial charge in [-0.25, -0.2) is 21.6 Å². The Morgan fingerprint density at radius 1 is 1.09 bits per heavy atom. The van der Waals surface area contributed by atoms with Crippen LogP contribution in [0.2, 0.25) is 0 Å². The van der Waals surface area contributed by atoms with Gasteiger partial charge >= 0.3 is 0 Å². The van der Waals surface area contributed by atoms with Gasteiger partial charge in [-0.05, 0) is 31.2 Å². The van der Waals surface area contributed by atoms with E-state index >= 15 is 0 Å². The van der Waals surface area contributed by atoms with Crippen molar-refractivity contribution < 1.29 is 25.7 Å². The standard InChI is InChI=1S/C12H16N2O6S2/c1-10(9-13-21(15,16)11-5-3-7-19-11)14(2)22(17,18)12-6-4-8-20-12/h3-8,10,13H,9H2,1-2H3/t10-/m0/s1. The minimum Gasteiger partial charge on any atom is -0.452 e. The number of furan rings is 2. The summed E-state index contributed by atoms with van der Waals surface area (Å²) in [5.74, 6) is 0. The molecule has 0 aromatic carbocycles. The lowest BCUT2D eigenvalue weighted by Gasteiger charge is -2.23. The molecule has 0 radical (unpaired) electrons. The zero-order valence-corrected chi connectivity index (χ0v) is 13.6. The Hall–Kier alpha value is -1.62. The number of nitrogens with one attached hydrogen (secondary N) is 1.